The number of halogens is 1. The Labute approximate surface area is 151 Å². The minimum atomic E-state index is -3.22. The summed E-state index contributed by atoms with van der Waals surface area (Å²) < 4.78 is 26.8. The number of amides is 1. The first-order valence-electron chi connectivity index (χ1n) is 7.90. The number of nitrogens with zero attached hydrogens (tertiary/aromatic N) is 3. The van der Waals surface area contributed by atoms with E-state index in [2.05, 4.69) is 9.82 Å². The second-order valence-electron chi connectivity index (χ2n) is 6.08. The third-order valence-electron chi connectivity index (χ3n) is 4.04. The number of benzene rings is 1. The standard InChI is InChI=1S/C16H19ClN4O3S/c1-25(23,24)19-13-5-8-20(9-6-13)16(22)15-7-10-21(18-15)14-4-2-3-12(17)11-14/h2-4,7,10-11,13,19H,5-6,8-9H2,1H3. The molecule has 3 rings (SSSR count). The summed E-state index contributed by atoms with van der Waals surface area (Å²) in [6, 6.07) is 8.77. The summed E-state index contributed by atoms with van der Waals surface area (Å²) in [6.45, 7) is 0.992. The number of piperidine rings is 1. The zero-order chi connectivity index (χ0) is 18.0. The zero-order valence-electron chi connectivity index (χ0n) is 13.7. The van der Waals surface area contributed by atoms with Gasteiger partial charge in [0.05, 0.1) is 11.9 Å². The average Bonchev–Trinajstić information content (AvgIpc) is 3.03. The fourth-order valence-electron chi connectivity index (χ4n) is 2.87. The van der Waals surface area contributed by atoms with Gasteiger partial charge < -0.3 is 4.90 Å². The Bertz CT molecular complexity index is 873. The van der Waals surface area contributed by atoms with Crippen LogP contribution >= 0.6 is 11.6 Å². The van der Waals surface area contributed by atoms with E-state index in [1.54, 1.807) is 34.0 Å². The summed E-state index contributed by atoms with van der Waals surface area (Å²) in [7, 11) is -3.22. The zero-order valence-corrected chi connectivity index (χ0v) is 15.3. The van der Waals surface area contributed by atoms with Crippen LogP contribution in [0.15, 0.2) is 36.5 Å². The Balaban J connectivity index is 1.65. The quantitative estimate of drug-likeness (QED) is 0.871. The molecule has 0 saturated carbocycles. The minimum absolute atomic E-state index is 0.122. The molecular weight excluding hydrogens is 364 g/mol. The van der Waals surface area contributed by atoms with Crippen molar-refractivity contribution in [3.63, 3.8) is 0 Å². The van der Waals surface area contributed by atoms with Gasteiger partial charge in [-0.2, -0.15) is 5.10 Å². The van der Waals surface area contributed by atoms with Crippen LogP contribution in [0.5, 0.6) is 0 Å². The van der Waals surface area contributed by atoms with Crippen molar-refractivity contribution in [2.75, 3.05) is 19.3 Å². The van der Waals surface area contributed by atoms with Gasteiger partial charge in [-0.1, -0.05) is 17.7 Å². The molecule has 1 N–H and O–H groups in total. The number of hydrogen-bond acceptors (Lipinski definition) is 4. The van der Waals surface area contributed by atoms with E-state index in [1.165, 1.54) is 0 Å². The summed E-state index contributed by atoms with van der Waals surface area (Å²) in [5, 5.41) is 4.93. The maximum Gasteiger partial charge on any atom is 0.274 e. The van der Waals surface area contributed by atoms with Crippen LogP contribution in [0.1, 0.15) is 23.3 Å². The van der Waals surface area contributed by atoms with E-state index in [4.69, 9.17) is 11.6 Å². The van der Waals surface area contributed by atoms with Gasteiger partial charge >= 0.3 is 0 Å². The number of carbonyl (C=O) groups is 1. The molecule has 1 aromatic heterocycles. The van der Waals surface area contributed by atoms with Gasteiger partial charge in [0, 0.05) is 30.4 Å². The largest absolute Gasteiger partial charge is 0.337 e. The molecule has 0 atom stereocenters. The van der Waals surface area contributed by atoms with E-state index in [1.807, 2.05) is 12.1 Å². The van der Waals surface area contributed by atoms with Gasteiger partial charge in [0.25, 0.3) is 5.91 Å². The summed E-state index contributed by atoms with van der Waals surface area (Å²) >= 11 is 5.98. The highest BCUT2D eigenvalue weighted by Crippen LogP contribution is 2.17. The fraction of sp³-hybridized carbons (Fsp3) is 0.375. The van der Waals surface area contributed by atoms with Crippen LogP contribution in [0.2, 0.25) is 5.02 Å². The van der Waals surface area contributed by atoms with Gasteiger partial charge in [0.1, 0.15) is 0 Å². The van der Waals surface area contributed by atoms with Crippen LogP contribution in [0.4, 0.5) is 0 Å². The lowest BCUT2D eigenvalue weighted by Gasteiger charge is -2.31. The second kappa shape index (κ2) is 7.15. The molecule has 1 fully saturated rings. The highest BCUT2D eigenvalue weighted by atomic mass is 35.5. The van der Waals surface area contributed by atoms with Crippen molar-refractivity contribution >= 4 is 27.5 Å². The van der Waals surface area contributed by atoms with Gasteiger partial charge in [0.15, 0.2) is 5.69 Å². The lowest BCUT2D eigenvalue weighted by Crippen LogP contribution is -2.46. The number of sulfonamides is 1. The summed E-state index contributed by atoms with van der Waals surface area (Å²) in [6.07, 6.45) is 4.05. The van der Waals surface area contributed by atoms with Crippen molar-refractivity contribution < 1.29 is 13.2 Å². The summed E-state index contributed by atoms with van der Waals surface area (Å²) in [5.74, 6) is -0.154. The average molecular weight is 383 g/mol. The van der Waals surface area contributed by atoms with Crippen LogP contribution < -0.4 is 4.72 Å². The molecule has 0 aliphatic carbocycles. The molecule has 2 heterocycles. The first-order chi connectivity index (χ1) is 11.8. The minimum Gasteiger partial charge on any atom is -0.337 e. The Morgan fingerprint density at radius 1 is 1.28 bits per heavy atom. The van der Waals surface area contributed by atoms with Crippen molar-refractivity contribution in [3.8, 4) is 5.69 Å². The molecule has 1 saturated heterocycles. The predicted octanol–water partition coefficient (Wildman–Crippen LogP) is 1.68. The van der Waals surface area contributed by atoms with E-state index in [9.17, 15) is 13.2 Å². The highest BCUT2D eigenvalue weighted by Gasteiger charge is 2.26. The molecule has 134 valence electrons. The Morgan fingerprint density at radius 3 is 2.64 bits per heavy atom. The van der Waals surface area contributed by atoms with E-state index in [-0.39, 0.29) is 11.9 Å². The first-order valence-corrected chi connectivity index (χ1v) is 10.2. The maximum atomic E-state index is 12.6. The third-order valence-corrected chi connectivity index (χ3v) is 5.04. The highest BCUT2D eigenvalue weighted by molar-refractivity contribution is 7.88. The predicted molar refractivity (Wildman–Crippen MR) is 95.5 cm³/mol. The maximum absolute atomic E-state index is 12.6. The fourth-order valence-corrected chi connectivity index (χ4v) is 3.89. The first kappa shape index (κ1) is 17.9. The number of nitrogens with one attached hydrogen (secondary N) is 1. The molecule has 0 spiro atoms. The lowest BCUT2D eigenvalue weighted by molar-refractivity contribution is 0.0705. The van der Waals surface area contributed by atoms with E-state index in [0.29, 0.717) is 36.6 Å². The monoisotopic (exact) mass is 382 g/mol. The molecule has 7 nitrogen and oxygen atoms in total. The van der Waals surface area contributed by atoms with E-state index >= 15 is 0 Å². The van der Waals surface area contributed by atoms with E-state index in [0.717, 1.165) is 11.9 Å². The summed E-state index contributed by atoms with van der Waals surface area (Å²) in [4.78, 5) is 14.3. The van der Waals surface area contributed by atoms with Crippen LogP contribution in [-0.4, -0.2) is 54.4 Å². The molecule has 1 amide bonds. The van der Waals surface area contributed by atoms with Crippen LogP contribution in [-0.2, 0) is 10.0 Å². The molecular formula is C16H19ClN4O3S. The molecule has 1 aliphatic rings. The molecule has 1 aromatic carbocycles. The number of likely N-dealkylation sites (tertiary alicyclic amines) is 1. The topological polar surface area (TPSA) is 84.3 Å². The summed E-state index contributed by atoms with van der Waals surface area (Å²) in [5.41, 5.74) is 1.14. The van der Waals surface area contributed by atoms with Crippen molar-refractivity contribution in [1.82, 2.24) is 19.4 Å². The number of hydrogen-bond donors (Lipinski definition) is 1. The molecule has 2 aromatic rings. The van der Waals surface area contributed by atoms with Crippen molar-refractivity contribution in [3.05, 3.63) is 47.2 Å². The SMILES string of the molecule is CS(=O)(=O)NC1CCN(C(=O)c2ccn(-c3cccc(Cl)c3)n2)CC1. The molecule has 9 heteroatoms. The Morgan fingerprint density at radius 2 is 2.00 bits per heavy atom. The molecule has 0 bridgehead atoms. The number of aromatic nitrogens is 2. The molecule has 0 radical (unpaired) electrons. The second-order valence-corrected chi connectivity index (χ2v) is 8.30. The van der Waals surface area contributed by atoms with Gasteiger partial charge in [-0.05, 0) is 37.1 Å². The smallest absolute Gasteiger partial charge is 0.274 e. The van der Waals surface area contributed by atoms with E-state index < -0.39 is 10.0 Å². The van der Waals surface area contributed by atoms with Crippen molar-refractivity contribution in [2.24, 2.45) is 0 Å². The lowest BCUT2D eigenvalue weighted by atomic mass is 10.1. The molecule has 0 unspecified atom stereocenters. The Hall–Kier alpha value is -1.90. The van der Waals surface area contributed by atoms with Crippen LogP contribution in [0.3, 0.4) is 0 Å². The molecule has 25 heavy (non-hydrogen) atoms. The van der Waals surface area contributed by atoms with Crippen molar-refractivity contribution in [2.45, 2.75) is 18.9 Å². The van der Waals surface area contributed by atoms with Gasteiger partial charge in [-0.25, -0.2) is 17.8 Å². The van der Waals surface area contributed by atoms with Crippen LogP contribution in [0.25, 0.3) is 5.69 Å². The third kappa shape index (κ3) is 4.59. The number of rotatable bonds is 4. The van der Waals surface area contributed by atoms with Gasteiger partial charge in [-0.3, -0.25) is 4.79 Å². The van der Waals surface area contributed by atoms with Gasteiger partial charge in [0.2, 0.25) is 10.0 Å². The normalized spacial score (nSPS) is 16.2. The van der Waals surface area contributed by atoms with Gasteiger partial charge in [-0.15, -0.1) is 0 Å². The molecule has 1 aliphatic heterocycles. The van der Waals surface area contributed by atoms with Crippen LogP contribution in [0, 0.1) is 0 Å². The van der Waals surface area contributed by atoms with Crippen molar-refractivity contribution in [1.29, 1.82) is 0 Å². The Kier molecular flexibility index (Phi) is 5.12. The number of carbonyl (C=O) groups excluding carboxylic acids is 1.